The molecule has 1 unspecified atom stereocenters. The van der Waals surface area contributed by atoms with Gasteiger partial charge in [-0.1, -0.05) is 0 Å². The Balaban J connectivity index is 0.00000130. The molecule has 1 nitrogen and oxygen atoms in total. The molecule has 0 saturated heterocycles. The molecule has 0 aliphatic heterocycles. The number of para-hydroxylation sites is 2. The maximum atomic E-state index is 2.47. The van der Waals surface area contributed by atoms with Gasteiger partial charge in [0.25, 0.3) is 0 Å². The van der Waals surface area contributed by atoms with E-state index >= 15 is 0 Å². The van der Waals surface area contributed by atoms with Crippen molar-refractivity contribution in [3.63, 3.8) is 0 Å². The fourth-order valence-corrected chi connectivity index (χ4v) is 6.64. The van der Waals surface area contributed by atoms with Crippen LogP contribution < -0.4 is 24.8 Å². The number of hydrogen-bond acceptors (Lipinski definition) is 0. The van der Waals surface area contributed by atoms with E-state index in [-0.39, 0.29) is 30.7 Å². The summed E-state index contributed by atoms with van der Waals surface area (Å²) in [6.07, 6.45) is 4.70. The number of allylic oxidation sites excluding steroid dienone is 6. The largest absolute Gasteiger partial charge is 1.00 e. The molecule has 0 N–H and O–H groups in total. The van der Waals surface area contributed by atoms with E-state index in [1.54, 1.807) is 0 Å². The van der Waals surface area contributed by atoms with Crippen molar-refractivity contribution in [2.75, 3.05) is 0 Å². The van der Waals surface area contributed by atoms with Crippen molar-refractivity contribution < 1.29 is 49.5 Å². The first-order valence-electron chi connectivity index (χ1n) is 10.8. The molecule has 6 rings (SSSR count). The second-order valence-corrected chi connectivity index (χ2v) is 9.78. The predicted octanol–water partition coefficient (Wildman–Crippen LogP) is 1.46. The Morgan fingerprint density at radius 3 is 2.18 bits per heavy atom. The molecule has 0 spiro atoms. The van der Waals surface area contributed by atoms with E-state index in [0.717, 1.165) is 0 Å². The molecular weight excluding hydrogens is 524 g/mol. The SMILES string of the molecule is CC(C)=C1C=CC(C2c3ccccc3-c3c2c2ccccc2n3-c2ccccc2)=[C]1[Zr+2].[Cl-].[Cl-]. The van der Waals surface area contributed by atoms with Gasteiger partial charge < -0.3 is 24.8 Å². The van der Waals surface area contributed by atoms with E-state index in [0.29, 0.717) is 0 Å². The standard InChI is InChI=1S/C29H22N.2ClH.Zr/c1-19(2)20-16-17-21(18-20)27-23-12-6-7-13-24(23)29-28(27)25-14-8-9-15-26(25)30(29)22-10-4-3-5-11-22;;;/h3-17,27H,1-2H3;2*1H;/q;;;+2/p-2. The van der Waals surface area contributed by atoms with Gasteiger partial charge in [0.1, 0.15) is 0 Å². The van der Waals surface area contributed by atoms with Gasteiger partial charge in [0.15, 0.2) is 0 Å². The van der Waals surface area contributed by atoms with Crippen LogP contribution in [0.15, 0.2) is 111 Å². The van der Waals surface area contributed by atoms with Gasteiger partial charge >= 0.3 is 199 Å². The van der Waals surface area contributed by atoms with Crippen molar-refractivity contribution in [1.29, 1.82) is 0 Å². The Hall–Kier alpha value is -2.12. The Morgan fingerprint density at radius 2 is 1.45 bits per heavy atom. The van der Waals surface area contributed by atoms with Crippen molar-refractivity contribution in [1.82, 2.24) is 4.57 Å². The molecule has 0 fully saturated rings. The summed E-state index contributed by atoms with van der Waals surface area (Å²) >= 11 is 1.49. The number of nitrogens with zero attached hydrogens (tertiary/aromatic N) is 1. The Morgan fingerprint density at radius 1 is 0.788 bits per heavy atom. The molecule has 161 valence electrons. The molecule has 4 aromatic rings. The molecular formula is C29H22Cl2NZr. The first kappa shape index (κ1) is 24.0. The van der Waals surface area contributed by atoms with Crippen molar-refractivity contribution in [3.8, 4) is 16.9 Å². The van der Waals surface area contributed by atoms with Crippen LogP contribution >= 0.6 is 0 Å². The fourth-order valence-electron chi connectivity index (χ4n) is 5.26. The summed E-state index contributed by atoms with van der Waals surface area (Å²) in [6, 6.07) is 28.7. The minimum absolute atomic E-state index is 0. The zero-order chi connectivity index (χ0) is 21.1. The number of fused-ring (bicyclic) bond motifs is 5. The number of rotatable bonds is 2. The van der Waals surface area contributed by atoms with Crippen LogP contribution in [0.3, 0.4) is 0 Å². The Kier molecular flexibility index (Phi) is 6.74. The summed E-state index contributed by atoms with van der Waals surface area (Å²) in [4.78, 5) is 0. The molecule has 3 aromatic carbocycles. The molecule has 2 aliphatic carbocycles. The van der Waals surface area contributed by atoms with Gasteiger partial charge in [-0.2, -0.15) is 0 Å². The molecule has 1 atom stereocenters. The molecule has 0 saturated carbocycles. The summed E-state index contributed by atoms with van der Waals surface area (Å²) in [5.41, 5.74) is 12.4. The fraction of sp³-hybridized carbons (Fsp3) is 0.103. The number of aromatic nitrogens is 1. The van der Waals surface area contributed by atoms with Crippen LogP contribution in [0.2, 0.25) is 0 Å². The number of hydrogen-bond donors (Lipinski definition) is 0. The van der Waals surface area contributed by atoms with Crippen LogP contribution in [0.5, 0.6) is 0 Å². The monoisotopic (exact) mass is 544 g/mol. The van der Waals surface area contributed by atoms with E-state index in [9.17, 15) is 0 Å². The van der Waals surface area contributed by atoms with Gasteiger partial charge in [-0.3, -0.25) is 0 Å². The van der Waals surface area contributed by atoms with Gasteiger partial charge in [0.2, 0.25) is 0 Å². The predicted molar refractivity (Wildman–Crippen MR) is 125 cm³/mol. The minimum Gasteiger partial charge on any atom is -1.00 e. The third-order valence-electron chi connectivity index (χ3n) is 6.58. The summed E-state index contributed by atoms with van der Waals surface area (Å²) < 4.78 is 3.96. The molecule has 4 heteroatoms. The second-order valence-electron chi connectivity index (χ2n) is 8.55. The van der Waals surface area contributed by atoms with Gasteiger partial charge in [-0.25, -0.2) is 0 Å². The molecule has 0 radical (unpaired) electrons. The van der Waals surface area contributed by atoms with Gasteiger partial charge in [-0.05, 0) is 0 Å². The number of benzene rings is 3. The van der Waals surface area contributed by atoms with E-state index < -0.39 is 0 Å². The normalized spacial score (nSPS) is 15.9. The summed E-state index contributed by atoms with van der Waals surface area (Å²) in [6.45, 7) is 4.45. The van der Waals surface area contributed by atoms with Crippen molar-refractivity contribution in [2.45, 2.75) is 19.8 Å². The summed E-state index contributed by atoms with van der Waals surface area (Å²) in [7, 11) is 0. The zero-order valence-corrected chi connectivity index (χ0v) is 22.4. The van der Waals surface area contributed by atoms with Crippen molar-refractivity contribution >= 4 is 10.9 Å². The van der Waals surface area contributed by atoms with Crippen LogP contribution in [-0.2, 0) is 24.7 Å². The molecule has 1 aromatic heterocycles. The number of halogens is 2. The average Bonchev–Trinajstić information content (AvgIpc) is 3.44. The van der Waals surface area contributed by atoms with Crippen LogP contribution in [0, 0.1) is 0 Å². The molecule has 0 amide bonds. The van der Waals surface area contributed by atoms with E-state index in [4.69, 9.17) is 0 Å². The maximum absolute atomic E-state index is 2.47. The molecule has 0 bridgehead atoms. The van der Waals surface area contributed by atoms with Crippen LogP contribution in [0.25, 0.3) is 27.8 Å². The first-order chi connectivity index (χ1) is 15.2. The summed E-state index contributed by atoms with van der Waals surface area (Å²) in [5.74, 6) is 0.281. The van der Waals surface area contributed by atoms with E-state index in [2.05, 4.69) is 109 Å². The van der Waals surface area contributed by atoms with Crippen molar-refractivity contribution in [3.05, 3.63) is 122 Å². The average molecular weight is 547 g/mol. The smallest absolute Gasteiger partial charge is 1.00 e. The minimum atomic E-state index is 0. The van der Waals surface area contributed by atoms with Crippen LogP contribution in [-0.4, -0.2) is 4.57 Å². The summed E-state index contributed by atoms with van der Waals surface area (Å²) in [5, 5.41) is 1.36. The first-order valence-corrected chi connectivity index (χ1v) is 12.0. The van der Waals surface area contributed by atoms with Crippen molar-refractivity contribution in [2.24, 2.45) is 0 Å². The van der Waals surface area contributed by atoms with Gasteiger partial charge in [0, 0.05) is 0 Å². The molecule has 33 heavy (non-hydrogen) atoms. The van der Waals surface area contributed by atoms with Crippen LogP contribution in [0.4, 0.5) is 0 Å². The van der Waals surface area contributed by atoms with Gasteiger partial charge in [-0.15, -0.1) is 0 Å². The zero-order valence-electron chi connectivity index (χ0n) is 18.4. The molecule has 2 aliphatic rings. The third-order valence-corrected chi connectivity index (χ3v) is 7.95. The molecule has 1 heterocycles. The third kappa shape index (κ3) is 3.55. The van der Waals surface area contributed by atoms with Crippen LogP contribution in [0.1, 0.15) is 30.9 Å². The second kappa shape index (κ2) is 9.26. The Labute approximate surface area is 222 Å². The maximum Gasteiger partial charge on any atom is -1.00 e. The van der Waals surface area contributed by atoms with Gasteiger partial charge in [0.05, 0.1) is 0 Å². The Bertz CT molecular complexity index is 1450. The quantitative estimate of drug-likeness (QED) is 0.359. The van der Waals surface area contributed by atoms with E-state index in [1.165, 1.54) is 83.7 Å². The van der Waals surface area contributed by atoms with E-state index in [1.807, 2.05) is 0 Å². The topological polar surface area (TPSA) is 4.93 Å².